The van der Waals surface area contributed by atoms with Gasteiger partial charge in [-0.05, 0) is 77.3 Å². The molecule has 2 aromatic carbocycles. The number of methoxy groups -OCH3 is 1. The summed E-state index contributed by atoms with van der Waals surface area (Å²) in [4.78, 5) is 31.9. The molecule has 0 saturated carbocycles. The van der Waals surface area contributed by atoms with Crippen LogP contribution >= 0.6 is 33.9 Å². The van der Waals surface area contributed by atoms with E-state index in [1.165, 1.54) is 24.0 Å². The highest BCUT2D eigenvalue weighted by molar-refractivity contribution is 14.1. The Balaban J connectivity index is 1.94. The van der Waals surface area contributed by atoms with E-state index in [1.807, 2.05) is 46.9 Å². The molecular formula is C27H27IN2O5S. The highest BCUT2D eigenvalue weighted by Gasteiger charge is 2.33. The lowest BCUT2D eigenvalue weighted by atomic mass is 9.93. The van der Waals surface area contributed by atoms with Crippen LogP contribution in [0.3, 0.4) is 0 Å². The third-order valence-corrected chi connectivity index (χ3v) is 7.81. The Kier molecular flexibility index (Phi) is 7.70. The van der Waals surface area contributed by atoms with Crippen LogP contribution in [0.5, 0.6) is 11.5 Å². The van der Waals surface area contributed by atoms with Gasteiger partial charge in [-0.25, -0.2) is 9.79 Å². The van der Waals surface area contributed by atoms with Crippen molar-refractivity contribution < 1.29 is 19.4 Å². The standard InChI is InChI=1S/C27H27IN2O5S/c1-6-35-26(33)22-15(4)29-27-30(23(22)18-9-7-17(8-10-18)14(2)3)25(32)21(36-27)13-16-11-19(28)24(31)20(12-16)34-5/h7-14,23,31H,6H2,1-5H3/b21-13-/t23-/m1/s1. The number of allylic oxidation sites excluding steroid dienone is 1. The normalized spacial score (nSPS) is 15.6. The number of benzene rings is 2. The van der Waals surface area contributed by atoms with Crippen LogP contribution in [0.4, 0.5) is 0 Å². The van der Waals surface area contributed by atoms with E-state index in [9.17, 15) is 14.7 Å². The fraction of sp³-hybridized carbons (Fsp3) is 0.296. The molecule has 7 nitrogen and oxygen atoms in total. The maximum Gasteiger partial charge on any atom is 0.338 e. The van der Waals surface area contributed by atoms with E-state index in [-0.39, 0.29) is 17.9 Å². The van der Waals surface area contributed by atoms with Crippen molar-refractivity contribution in [2.75, 3.05) is 13.7 Å². The van der Waals surface area contributed by atoms with Crippen LogP contribution in [0.15, 0.2) is 57.5 Å². The number of hydrogen-bond donors (Lipinski definition) is 1. The molecule has 3 aromatic rings. The fourth-order valence-corrected chi connectivity index (χ4v) is 5.83. The smallest absolute Gasteiger partial charge is 0.338 e. The summed E-state index contributed by atoms with van der Waals surface area (Å²) in [5.41, 5.74) is 3.31. The minimum atomic E-state index is -0.654. The number of thiazole rings is 1. The Hall–Kier alpha value is -2.92. The number of ether oxygens (including phenoxy) is 2. The predicted octanol–water partition coefficient (Wildman–Crippen LogP) is 4.24. The van der Waals surface area contributed by atoms with Gasteiger partial charge in [0.05, 0.1) is 39.1 Å². The number of halogens is 1. The van der Waals surface area contributed by atoms with E-state index < -0.39 is 12.0 Å². The number of hydrogen-bond acceptors (Lipinski definition) is 7. The second-order valence-corrected chi connectivity index (χ2v) is 10.8. The van der Waals surface area contributed by atoms with Gasteiger partial charge in [0.25, 0.3) is 5.56 Å². The first-order valence-corrected chi connectivity index (χ1v) is 13.4. The first kappa shape index (κ1) is 26.2. The average Bonchev–Trinajstić information content (AvgIpc) is 3.14. The van der Waals surface area contributed by atoms with Gasteiger partial charge in [-0.15, -0.1) is 0 Å². The SMILES string of the molecule is CCOC(=O)C1=C(C)N=c2s/c(=C\c3cc(I)c(O)c(OC)c3)c(=O)n2[C@@H]1c1ccc(C(C)C)cc1. The van der Waals surface area contributed by atoms with Gasteiger partial charge in [-0.3, -0.25) is 9.36 Å². The quantitative estimate of drug-likeness (QED) is 0.330. The van der Waals surface area contributed by atoms with Gasteiger partial charge in [0, 0.05) is 0 Å². The molecule has 0 bridgehead atoms. The number of carbonyl (C=O) groups is 1. The fourth-order valence-electron chi connectivity index (χ4n) is 4.15. The van der Waals surface area contributed by atoms with Crippen LogP contribution in [0, 0.1) is 3.57 Å². The number of esters is 1. The first-order chi connectivity index (χ1) is 17.2. The number of phenols is 1. The zero-order valence-corrected chi connectivity index (χ0v) is 23.6. The van der Waals surface area contributed by atoms with Gasteiger partial charge in [-0.2, -0.15) is 0 Å². The van der Waals surface area contributed by atoms with E-state index >= 15 is 0 Å². The van der Waals surface area contributed by atoms with E-state index in [1.54, 1.807) is 36.6 Å². The van der Waals surface area contributed by atoms with Crippen molar-refractivity contribution in [2.24, 2.45) is 4.99 Å². The van der Waals surface area contributed by atoms with Crippen molar-refractivity contribution in [2.45, 2.75) is 39.7 Å². The number of fused-ring (bicyclic) bond motifs is 1. The van der Waals surface area contributed by atoms with Gasteiger partial charge < -0.3 is 14.6 Å². The van der Waals surface area contributed by atoms with E-state index in [2.05, 4.69) is 18.8 Å². The average molecular weight is 618 g/mol. The van der Waals surface area contributed by atoms with Gasteiger partial charge in [-0.1, -0.05) is 49.4 Å². The highest BCUT2D eigenvalue weighted by atomic mass is 127. The van der Waals surface area contributed by atoms with Crippen LogP contribution in [0.25, 0.3) is 6.08 Å². The Morgan fingerprint density at radius 3 is 2.58 bits per heavy atom. The van der Waals surface area contributed by atoms with Crippen LogP contribution in [0.2, 0.25) is 0 Å². The van der Waals surface area contributed by atoms with Crippen molar-refractivity contribution in [3.63, 3.8) is 0 Å². The molecule has 9 heteroatoms. The molecule has 0 aliphatic carbocycles. The third-order valence-electron chi connectivity index (χ3n) is 6.00. The molecule has 0 spiro atoms. The number of rotatable bonds is 6. The second-order valence-electron chi connectivity index (χ2n) is 8.68. The summed E-state index contributed by atoms with van der Waals surface area (Å²) >= 11 is 3.27. The summed E-state index contributed by atoms with van der Waals surface area (Å²) < 4.78 is 13.3. The molecular weight excluding hydrogens is 591 g/mol. The predicted molar refractivity (Wildman–Crippen MR) is 148 cm³/mol. The van der Waals surface area contributed by atoms with Crippen LogP contribution in [0.1, 0.15) is 56.3 Å². The molecule has 0 unspecified atom stereocenters. The molecule has 1 aromatic heterocycles. The zero-order chi connectivity index (χ0) is 26.1. The summed E-state index contributed by atoms with van der Waals surface area (Å²) in [7, 11) is 1.48. The van der Waals surface area contributed by atoms with Crippen LogP contribution in [-0.2, 0) is 9.53 Å². The lowest BCUT2D eigenvalue weighted by Crippen LogP contribution is -2.39. The summed E-state index contributed by atoms with van der Waals surface area (Å²) in [5, 5.41) is 10.2. The van der Waals surface area contributed by atoms with E-state index in [0.717, 1.165) is 5.56 Å². The number of aromatic hydroxyl groups is 1. The van der Waals surface area contributed by atoms with Crippen molar-refractivity contribution in [1.29, 1.82) is 0 Å². The number of carbonyl (C=O) groups excluding carboxylic acids is 1. The van der Waals surface area contributed by atoms with E-state index in [4.69, 9.17) is 9.47 Å². The minimum Gasteiger partial charge on any atom is -0.504 e. The first-order valence-electron chi connectivity index (χ1n) is 11.5. The summed E-state index contributed by atoms with van der Waals surface area (Å²) in [6.07, 6.45) is 1.75. The largest absolute Gasteiger partial charge is 0.504 e. The maximum absolute atomic E-state index is 13.7. The molecule has 0 saturated heterocycles. The molecule has 0 radical (unpaired) electrons. The summed E-state index contributed by atoms with van der Waals surface area (Å²) in [5.74, 6) is 0.248. The Morgan fingerprint density at radius 2 is 1.97 bits per heavy atom. The van der Waals surface area contributed by atoms with Gasteiger partial charge in [0.1, 0.15) is 0 Å². The monoisotopic (exact) mass is 618 g/mol. The molecule has 2 heterocycles. The molecule has 1 atom stereocenters. The molecule has 1 N–H and O–H groups in total. The Bertz CT molecular complexity index is 1530. The van der Waals surface area contributed by atoms with E-state index in [0.29, 0.717) is 41.4 Å². The van der Waals surface area contributed by atoms with Gasteiger partial charge in [0.2, 0.25) is 0 Å². The molecule has 4 rings (SSSR count). The Labute approximate surface area is 226 Å². The van der Waals surface area contributed by atoms with Gasteiger partial charge in [0.15, 0.2) is 16.3 Å². The van der Waals surface area contributed by atoms with Crippen LogP contribution < -0.4 is 19.6 Å². The molecule has 0 fully saturated rings. The maximum atomic E-state index is 13.7. The summed E-state index contributed by atoms with van der Waals surface area (Å²) in [6.45, 7) is 7.98. The van der Waals surface area contributed by atoms with Crippen molar-refractivity contribution in [1.82, 2.24) is 4.57 Å². The lowest BCUT2D eigenvalue weighted by Gasteiger charge is -2.25. The summed E-state index contributed by atoms with van der Waals surface area (Å²) in [6, 6.07) is 10.8. The molecule has 0 amide bonds. The zero-order valence-electron chi connectivity index (χ0n) is 20.7. The molecule has 188 valence electrons. The third kappa shape index (κ3) is 4.86. The molecule has 1 aliphatic heterocycles. The van der Waals surface area contributed by atoms with Crippen molar-refractivity contribution >= 4 is 46.0 Å². The number of phenolic OH excluding ortho intramolecular Hbond substituents is 1. The lowest BCUT2D eigenvalue weighted by molar-refractivity contribution is -0.139. The topological polar surface area (TPSA) is 90.1 Å². The van der Waals surface area contributed by atoms with Gasteiger partial charge >= 0.3 is 5.97 Å². The van der Waals surface area contributed by atoms with Crippen molar-refractivity contribution in [3.8, 4) is 11.5 Å². The number of nitrogens with zero attached hydrogens (tertiary/aromatic N) is 2. The number of aromatic nitrogens is 1. The Morgan fingerprint density at radius 1 is 1.28 bits per heavy atom. The van der Waals surface area contributed by atoms with Crippen molar-refractivity contribution in [3.05, 3.63) is 87.6 Å². The highest BCUT2D eigenvalue weighted by Crippen LogP contribution is 2.33. The second kappa shape index (κ2) is 10.6. The molecule has 1 aliphatic rings. The van der Waals surface area contributed by atoms with Crippen LogP contribution in [-0.4, -0.2) is 29.4 Å². The minimum absolute atomic E-state index is 0.0521. The molecule has 36 heavy (non-hydrogen) atoms.